The van der Waals surface area contributed by atoms with Gasteiger partial charge < -0.3 is 10.4 Å². The molecule has 4 nitrogen and oxygen atoms in total. The van der Waals surface area contributed by atoms with Crippen LogP contribution in [0.2, 0.25) is 0 Å². The Hall–Kier alpha value is -2.98. The second-order valence-electron chi connectivity index (χ2n) is 7.71. The maximum atomic E-state index is 13.4. The number of carbonyl (C=O) groups excluding carboxylic acids is 1. The maximum Gasteiger partial charge on any atom is 0.248 e. The Kier molecular flexibility index (Phi) is 5.72. The number of allylic oxidation sites excluding steroid dienone is 3. The zero-order valence-corrected chi connectivity index (χ0v) is 16.5. The third kappa shape index (κ3) is 4.22. The van der Waals surface area contributed by atoms with Crippen LogP contribution < -0.4 is 15.9 Å². The molecule has 0 aromatic heterocycles. The van der Waals surface area contributed by atoms with Crippen molar-refractivity contribution < 1.29 is 9.90 Å². The smallest absolute Gasteiger partial charge is 0.248 e. The van der Waals surface area contributed by atoms with Gasteiger partial charge in [-0.15, -0.1) is 0 Å². The van der Waals surface area contributed by atoms with Crippen molar-refractivity contribution in [1.29, 1.82) is 0 Å². The SMILES string of the molecule is CC(O)C(NC(=O)C1=c2ccccc2=NC(c2ccccc2)C1)C1C=CC=CC1. The number of fused-ring (bicyclic) bond motifs is 1. The van der Waals surface area contributed by atoms with E-state index < -0.39 is 6.10 Å². The Bertz CT molecular complexity index is 1050. The predicted molar refractivity (Wildman–Crippen MR) is 114 cm³/mol. The first-order valence-electron chi connectivity index (χ1n) is 10.2. The highest BCUT2D eigenvalue weighted by Crippen LogP contribution is 2.27. The number of hydrogen-bond donors (Lipinski definition) is 2. The second kappa shape index (κ2) is 8.58. The number of nitrogens with zero attached hydrogens (tertiary/aromatic N) is 1. The molecule has 4 heteroatoms. The Morgan fingerprint density at radius 2 is 1.86 bits per heavy atom. The largest absolute Gasteiger partial charge is 0.391 e. The van der Waals surface area contributed by atoms with E-state index in [9.17, 15) is 9.90 Å². The van der Waals surface area contributed by atoms with Crippen molar-refractivity contribution in [1.82, 2.24) is 5.32 Å². The summed E-state index contributed by atoms with van der Waals surface area (Å²) in [6, 6.07) is 17.4. The molecule has 0 saturated carbocycles. The molecule has 0 bridgehead atoms. The molecular formula is C25H26N2O2. The average Bonchev–Trinajstić information content (AvgIpc) is 2.77. The summed E-state index contributed by atoms with van der Waals surface area (Å²) in [5.41, 5.74) is 1.82. The van der Waals surface area contributed by atoms with Crippen LogP contribution in [0.4, 0.5) is 0 Å². The zero-order valence-electron chi connectivity index (χ0n) is 16.5. The van der Waals surface area contributed by atoms with E-state index in [4.69, 9.17) is 4.99 Å². The number of hydrogen-bond acceptors (Lipinski definition) is 3. The molecule has 0 radical (unpaired) electrons. The fraction of sp³-hybridized carbons (Fsp3) is 0.280. The minimum Gasteiger partial charge on any atom is -0.391 e. The van der Waals surface area contributed by atoms with E-state index in [0.29, 0.717) is 6.42 Å². The fourth-order valence-corrected chi connectivity index (χ4v) is 4.13. The molecule has 2 aliphatic rings. The number of carbonyl (C=O) groups is 1. The van der Waals surface area contributed by atoms with Crippen molar-refractivity contribution in [3.05, 3.63) is 95.0 Å². The van der Waals surface area contributed by atoms with Gasteiger partial charge >= 0.3 is 0 Å². The van der Waals surface area contributed by atoms with Gasteiger partial charge in [-0.25, -0.2) is 0 Å². The lowest BCUT2D eigenvalue weighted by Crippen LogP contribution is -2.49. The predicted octanol–water partition coefficient (Wildman–Crippen LogP) is 2.60. The summed E-state index contributed by atoms with van der Waals surface area (Å²) in [5.74, 6) is -0.0415. The van der Waals surface area contributed by atoms with E-state index in [1.807, 2.05) is 54.6 Å². The fourth-order valence-electron chi connectivity index (χ4n) is 4.13. The van der Waals surface area contributed by atoms with Gasteiger partial charge in [-0.3, -0.25) is 9.79 Å². The molecule has 1 aliphatic carbocycles. The third-order valence-electron chi connectivity index (χ3n) is 5.67. The van der Waals surface area contributed by atoms with Gasteiger partial charge in [-0.2, -0.15) is 0 Å². The van der Waals surface area contributed by atoms with Crippen LogP contribution in [0.15, 0.2) is 83.9 Å². The quantitative estimate of drug-likeness (QED) is 0.830. The third-order valence-corrected chi connectivity index (χ3v) is 5.67. The van der Waals surface area contributed by atoms with Crippen LogP contribution in [0, 0.1) is 5.92 Å². The highest BCUT2D eigenvalue weighted by atomic mass is 16.3. The second-order valence-corrected chi connectivity index (χ2v) is 7.71. The van der Waals surface area contributed by atoms with Crippen LogP contribution in [0.5, 0.6) is 0 Å². The Morgan fingerprint density at radius 3 is 2.59 bits per heavy atom. The monoisotopic (exact) mass is 386 g/mol. The first kappa shape index (κ1) is 19.3. The topological polar surface area (TPSA) is 61.7 Å². The van der Waals surface area contributed by atoms with Gasteiger partial charge in [-0.05, 0) is 25.0 Å². The van der Waals surface area contributed by atoms with Gasteiger partial charge in [0.05, 0.1) is 23.5 Å². The van der Waals surface area contributed by atoms with E-state index in [1.54, 1.807) is 6.92 Å². The number of aliphatic hydroxyl groups is 1. The lowest BCUT2D eigenvalue weighted by atomic mass is 9.88. The highest BCUT2D eigenvalue weighted by Gasteiger charge is 2.29. The molecule has 4 atom stereocenters. The van der Waals surface area contributed by atoms with E-state index in [2.05, 4.69) is 29.6 Å². The van der Waals surface area contributed by atoms with Crippen LogP contribution >= 0.6 is 0 Å². The summed E-state index contributed by atoms with van der Waals surface area (Å²) in [6.45, 7) is 1.73. The van der Waals surface area contributed by atoms with Crippen LogP contribution in [-0.4, -0.2) is 23.2 Å². The number of amides is 1. The van der Waals surface area contributed by atoms with Gasteiger partial charge in [0, 0.05) is 23.1 Å². The van der Waals surface area contributed by atoms with Crippen LogP contribution in [0.25, 0.3) is 5.57 Å². The lowest BCUT2D eigenvalue weighted by Gasteiger charge is -2.29. The normalized spacial score (nSPS) is 22.3. The summed E-state index contributed by atoms with van der Waals surface area (Å²) in [4.78, 5) is 18.2. The van der Waals surface area contributed by atoms with Gasteiger partial charge in [0.1, 0.15) is 0 Å². The summed E-state index contributed by atoms with van der Waals surface area (Å²) < 4.78 is 0. The number of benzene rings is 2. The molecule has 4 unspecified atom stereocenters. The lowest BCUT2D eigenvalue weighted by molar-refractivity contribution is -0.117. The molecule has 1 heterocycles. The van der Waals surface area contributed by atoms with Crippen molar-refractivity contribution in [2.75, 3.05) is 0 Å². The van der Waals surface area contributed by atoms with E-state index >= 15 is 0 Å². The minimum absolute atomic E-state index is 0.0815. The van der Waals surface area contributed by atoms with Crippen molar-refractivity contribution in [2.24, 2.45) is 10.9 Å². The summed E-state index contributed by atoms with van der Waals surface area (Å²) in [5, 5.41) is 15.2. The van der Waals surface area contributed by atoms with Gasteiger partial charge in [0.2, 0.25) is 5.91 Å². The standard InChI is InChI=1S/C25H26N2O2/c1-17(28)24(19-12-6-3-7-13-19)27-25(29)21-16-23(18-10-4-2-5-11-18)26-22-15-9-8-14-20(21)22/h2-12,14-15,17,19,23-24,28H,13,16H2,1H3,(H,27,29). The summed E-state index contributed by atoms with van der Waals surface area (Å²) in [7, 11) is 0. The van der Waals surface area contributed by atoms with Crippen molar-refractivity contribution in [2.45, 2.75) is 38.0 Å². The van der Waals surface area contributed by atoms with Crippen molar-refractivity contribution in [3.63, 3.8) is 0 Å². The highest BCUT2D eigenvalue weighted by molar-refractivity contribution is 6.13. The molecule has 1 amide bonds. The number of para-hydroxylation sites is 1. The van der Waals surface area contributed by atoms with Crippen LogP contribution in [0.1, 0.15) is 31.4 Å². The first-order valence-corrected chi connectivity index (χ1v) is 10.2. The summed E-state index contributed by atoms with van der Waals surface area (Å²) >= 11 is 0. The number of nitrogens with one attached hydrogen (secondary N) is 1. The number of rotatable bonds is 5. The Morgan fingerprint density at radius 1 is 1.10 bits per heavy atom. The van der Waals surface area contributed by atoms with Crippen molar-refractivity contribution in [3.8, 4) is 0 Å². The number of aliphatic hydroxyl groups excluding tert-OH is 1. The Labute approximate surface area is 171 Å². The molecule has 4 rings (SSSR count). The molecule has 2 N–H and O–H groups in total. The van der Waals surface area contributed by atoms with Gasteiger partial charge in [0.25, 0.3) is 0 Å². The minimum atomic E-state index is -0.644. The van der Waals surface area contributed by atoms with E-state index in [1.165, 1.54) is 0 Å². The van der Waals surface area contributed by atoms with Gasteiger partial charge in [-0.1, -0.05) is 72.8 Å². The van der Waals surface area contributed by atoms with Gasteiger partial charge in [0.15, 0.2) is 0 Å². The van der Waals surface area contributed by atoms with Crippen LogP contribution in [-0.2, 0) is 4.79 Å². The molecule has 2 aromatic carbocycles. The Balaban J connectivity index is 1.67. The molecule has 1 aliphatic heterocycles. The molecule has 2 aromatic rings. The van der Waals surface area contributed by atoms with E-state index in [0.717, 1.165) is 28.1 Å². The first-order chi connectivity index (χ1) is 14.1. The molecule has 29 heavy (non-hydrogen) atoms. The molecule has 0 saturated heterocycles. The molecule has 148 valence electrons. The molecular weight excluding hydrogens is 360 g/mol. The van der Waals surface area contributed by atoms with Crippen LogP contribution in [0.3, 0.4) is 0 Å². The molecule has 0 spiro atoms. The van der Waals surface area contributed by atoms with E-state index in [-0.39, 0.29) is 23.9 Å². The molecule has 0 fully saturated rings. The average molecular weight is 386 g/mol. The maximum absolute atomic E-state index is 13.4. The van der Waals surface area contributed by atoms with Crippen molar-refractivity contribution >= 4 is 11.5 Å². The summed E-state index contributed by atoms with van der Waals surface area (Å²) in [6.07, 6.45) is 8.80. The zero-order chi connectivity index (χ0) is 20.2.